The van der Waals surface area contributed by atoms with Gasteiger partial charge in [0.05, 0.1) is 0 Å². The van der Waals surface area contributed by atoms with Crippen molar-refractivity contribution in [1.29, 1.82) is 0 Å². The summed E-state index contributed by atoms with van der Waals surface area (Å²) < 4.78 is 3.41. The number of hydrogen-bond donors (Lipinski definition) is 0. The van der Waals surface area contributed by atoms with Gasteiger partial charge in [-0.3, -0.25) is 0 Å². The molecule has 0 N–H and O–H groups in total. The molecule has 1 heterocycles. The first-order valence-electron chi connectivity index (χ1n) is 4.72. The fourth-order valence-electron chi connectivity index (χ4n) is 1.92. The van der Waals surface area contributed by atoms with Crippen molar-refractivity contribution in [3.05, 3.63) is 36.4 Å². The quantitative estimate of drug-likeness (QED) is 0.720. The van der Waals surface area contributed by atoms with Crippen molar-refractivity contribution in [3.8, 4) is 0 Å². The third-order valence-corrected chi connectivity index (χ3v) is 9.60. The van der Waals surface area contributed by atoms with Crippen molar-refractivity contribution in [2.24, 2.45) is 0 Å². The van der Waals surface area contributed by atoms with Gasteiger partial charge < -0.3 is 0 Å². The molecule has 0 spiro atoms. The average molecular weight is 300 g/mol. The van der Waals surface area contributed by atoms with Crippen LogP contribution in [0, 0.1) is 0 Å². The summed E-state index contributed by atoms with van der Waals surface area (Å²) in [4.78, 5) is 1.53. The Bertz CT molecular complexity index is 543. The van der Waals surface area contributed by atoms with Crippen LogP contribution < -0.4 is 3.32 Å². The van der Waals surface area contributed by atoms with E-state index in [0.717, 1.165) is 0 Å². The Morgan fingerprint density at radius 1 is 1.07 bits per heavy atom. The van der Waals surface area contributed by atoms with E-state index in [0.29, 0.717) is 0 Å². The average Bonchev–Trinajstić information content (AvgIpc) is 2.59. The van der Waals surface area contributed by atoms with Gasteiger partial charge in [-0.1, -0.05) is 0 Å². The molecule has 0 nitrogen and oxygen atoms in total. The fourth-order valence-corrected chi connectivity index (χ4v) is 9.00. The molecule has 2 aromatic rings. The first-order valence-corrected chi connectivity index (χ1v) is 8.84. The summed E-state index contributed by atoms with van der Waals surface area (Å²) in [5.41, 5.74) is 0. The summed E-state index contributed by atoms with van der Waals surface area (Å²) in [6.07, 6.45) is 0. The van der Waals surface area contributed by atoms with Crippen LogP contribution in [0.2, 0.25) is 0 Å². The molecule has 2 heteroatoms. The molecule has 0 amide bonds. The maximum atomic E-state index is 2.31. The number of thioether (sulfide) groups is 1. The van der Waals surface area contributed by atoms with Gasteiger partial charge in [0, 0.05) is 0 Å². The Kier molecular flexibility index (Phi) is 2.21. The van der Waals surface area contributed by atoms with Crippen LogP contribution in [0.15, 0.2) is 41.3 Å². The van der Waals surface area contributed by atoms with Crippen LogP contribution in [0.4, 0.5) is 0 Å². The van der Waals surface area contributed by atoms with E-state index in [1.165, 1.54) is 15.7 Å². The van der Waals surface area contributed by atoms with Crippen LogP contribution in [0.5, 0.6) is 0 Å². The molecule has 0 radical (unpaired) electrons. The molecule has 0 aliphatic carbocycles. The van der Waals surface area contributed by atoms with Crippen LogP contribution in [0.25, 0.3) is 10.8 Å². The Morgan fingerprint density at radius 3 is 2.86 bits per heavy atom. The first-order chi connectivity index (χ1) is 6.84. The van der Waals surface area contributed by atoms with E-state index in [1.54, 1.807) is 5.91 Å². The maximum absolute atomic E-state index is 2.31. The molecular formula is C12H9InS. The van der Waals surface area contributed by atoms with Gasteiger partial charge in [0.15, 0.2) is 0 Å². The standard InChI is InChI=1S/C12H9S.In/c1-2-13-12-8-7-10-5-3-4-6-11(10)9-12;/h3-8H,1H3;. The van der Waals surface area contributed by atoms with E-state index in [9.17, 15) is 0 Å². The van der Waals surface area contributed by atoms with Crippen LogP contribution >= 0.6 is 11.8 Å². The molecule has 0 saturated carbocycles. The van der Waals surface area contributed by atoms with E-state index < -0.39 is 22.4 Å². The van der Waals surface area contributed by atoms with Gasteiger partial charge in [0.1, 0.15) is 0 Å². The second-order valence-electron chi connectivity index (χ2n) is 3.56. The monoisotopic (exact) mass is 300 g/mol. The number of fused-ring (bicyclic) bond motifs is 3. The zero-order valence-electron chi connectivity index (χ0n) is 7.95. The van der Waals surface area contributed by atoms with Crippen molar-refractivity contribution in [2.45, 2.75) is 11.8 Å². The van der Waals surface area contributed by atoms with Gasteiger partial charge in [0.2, 0.25) is 0 Å². The summed E-state index contributed by atoms with van der Waals surface area (Å²) in [6, 6.07) is 13.3. The van der Waals surface area contributed by atoms with Gasteiger partial charge in [-0.25, -0.2) is 0 Å². The van der Waals surface area contributed by atoms with Gasteiger partial charge >= 0.3 is 99.1 Å². The molecule has 3 rings (SSSR count). The van der Waals surface area contributed by atoms with Crippen molar-refractivity contribution in [3.63, 3.8) is 0 Å². The SMILES string of the molecule is C[C]1=[In][c]2c(ccc3ccccc23)S1. The van der Waals surface area contributed by atoms with Crippen LogP contribution in [-0.2, 0) is 0 Å². The third-order valence-electron chi connectivity index (χ3n) is 2.55. The minimum atomic E-state index is -0.592. The van der Waals surface area contributed by atoms with E-state index in [2.05, 4.69) is 43.3 Å². The normalized spacial score (nSPS) is 13.6. The Morgan fingerprint density at radius 2 is 1.93 bits per heavy atom. The summed E-state index contributed by atoms with van der Waals surface area (Å²) in [5.74, 6) is 0. The van der Waals surface area contributed by atoms with Gasteiger partial charge in [-0.05, 0) is 0 Å². The van der Waals surface area contributed by atoms with E-state index >= 15 is 0 Å². The second kappa shape index (κ2) is 3.42. The molecule has 0 aromatic heterocycles. The molecule has 66 valence electrons. The van der Waals surface area contributed by atoms with Crippen LogP contribution in [-0.4, -0.2) is 25.0 Å². The minimum absolute atomic E-state index is 0.592. The Balaban J connectivity index is 2.42. The Hall–Kier alpha value is -0.210. The zero-order chi connectivity index (χ0) is 9.54. The zero-order valence-corrected chi connectivity index (χ0v) is 12.1. The molecular weight excluding hydrogens is 291 g/mol. The van der Waals surface area contributed by atoms with Crippen molar-refractivity contribution >= 4 is 50.9 Å². The number of benzene rings is 2. The molecule has 2 aromatic carbocycles. The van der Waals surface area contributed by atoms with Crippen molar-refractivity contribution < 1.29 is 0 Å². The summed E-state index contributed by atoms with van der Waals surface area (Å²) in [7, 11) is 0. The van der Waals surface area contributed by atoms with E-state index in [1.807, 2.05) is 11.8 Å². The summed E-state index contributed by atoms with van der Waals surface area (Å²) in [6.45, 7) is 2.31. The number of rotatable bonds is 0. The molecule has 14 heavy (non-hydrogen) atoms. The van der Waals surface area contributed by atoms with Crippen LogP contribution in [0.1, 0.15) is 6.92 Å². The predicted molar refractivity (Wildman–Crippen MR) is 65.9 cm³/mol. The fraction of sp³-hybridized carbons (Fsp3) is 0.0833. The topological polar surface area (TPSA) is 0 Å². The number of hydrogen-bond acceptors (Lipinski definition) is 1. The molecule has 0 unspecified atom stereocenters. The van der Waals surface area contributed by atoms with Gasteiger partial charge in [-0.15, -0.1) is 0 Å². The van der Waals surface area contributed by atoms with Crippen molar-refractivity contribution in [2.75, 3.05) is 0 Å². The van der Waals surface area contributed by atoms with E-state index in [4.69, 9.17) is 0 Å². The molecule has 1 aliphatic rings. The first kappa shape index (κ1) is 9.05. The van der Waals surface area contributed by atoms with Crippen molar-refractivity contribution in [1.82, 2.24) is 0 Å². The van der Waals surface area contributed by atoms with Crippen LogP contribution in [0.3, 0.4) is 0 Å². The molecule has 0 atom stereocenters. The molecule has 1 aliphatic heterocycles. The van der Waals surface area contributed by atoms with Gasteiger partial charge in [0.25, 0.3) is 0 Å². The summed E-state index contributed by atoms with van der Waals surface area (Å²) >= 11 is 1.41. The summed E-state index contributed by atoms with van der Waals surface area (Å²) in [5, 5.41) is 2.92. The molecule has 0 bridgehead atoms. The van der Waals surface area contributed by atoms with E-state index in [-0.39, 0.29) is 0 Å². The third kappa shape index (κ3) is 1.36. The molecule has 0 saturated heterocycles. The van der Waals surface area contributed by atoms with Gasteiger partial charge in [-0.2, -0.15) is 0 Å². The Labute approximate surface area is 98.5 Å². The second-order valence-corrected chi connectivity index (χ2v) is 11.0. The molecule has 0 fully saturated rings. The predicted octanol–water partition coefficient (Wildman–Crippen LogP) is 2.42.